The van der Waals surface area contributed by atoms with Gasteiger partial charge >= 0.3 is 23.9 Å². The Morgan fingerprint density at radius 2 is 1.09 bits per heavy atom. The topological polar surface area (TPSA) is 86.7 Å². The Kier molecular flexibility index (Phi) is 3.09. The maximum atomic E-state index is 11.5. The molecule has 22 heavy (non-hydrogen) atoms. The summed E-state index contributed by atoms with van der Waals surface area (Å²) in [6, 6.07) is 0. The monoisotopic (exact) mass is 306 g/mol. The second-order valence-corrected chi connectivity index (χ2v) is 7.02. The van der Waals surface area contributed by atoms with Crippen LogP contribution in [-0.4, -0.2) is 23.9 Å². The third kappa shape index (κ3) is 1.92. The molecule has 6 heteroatoms. The molecule has 0 radical (unpaired) electrons. The number of carbonyl (C=O) groups excluding carboxylic acids is 4. The van der Waals surface area contributed by atoms with E-state index in [1.165, 1.54) is 0 Å². The highest BCUT2D eigenvalue weighted by Crippen LogP contribution is 2.50. The van der Waals surface area contributed by atoms with Gasteiger partial charge in [-0.15, -0.1) is 0 Å². The standard InChI is InChI=1S/C16H18O6/c17-13-9-5-7(11(9)15(19)21-13)3-1-2-4-8-6-10-12(8)16(20)22-14(10)18/h7-12H,1-6H2. The second kappa shape index (κ2) is 4.89. The largest absolute Gasteiger partial charge is 0.393 e. The van der Waals surface area contributed by atoms with Gasteiger partial charge in [-0.3, -0.25) is 19.2 Å². The molecule has 6 unspecified atom stereocenters. The fourth-order valence-corrected chi connectivity index (χ4v) is 4.60. The van der Waals surface area contributed by atoms with Gasteiger partial charge in [-0.2, -0.15) is 0 Å². The first kappa shape index (κ1) is 13.9. The molecule has 2 saturated heterocycles. The maximum Gasteiger partial charge on any atom is 0.317 e. The van der Waals surface area contributed by atoms with E-state index in [9.17, 15) is 19.2 Å². The molecule has 6 nitrogen and oxygen atoms in total. The van der Waals surface area contributed by atoms with Crippen LogP contribution in [0.1, 0.15) is 38.5 Å². The van der Waals surface area contributed by atoms with Crippen LogP contribution in [0.4, 0.5) is 0 Å². The van der Waals surface area contributed by atoms with Gasteiger partial charge < -0.3 is 9.47 Å². The van der Waals surface area contributed by atoms with Gasteiger partial charge in [-0.25, -0.2) is 0 Å². The zero-order valence-electron chi connectivity index (χ0n) is 12.2. The van der Waals surface area contributed by atoms with Gasteiger partial charge in [-0.1, -0.05) is 12.8 Å². The summed E-state index contributed by atoms with van der Waals surface area (Å²) in [6.45, 7) is 0. The van der Waals surface area contributed by atoms with Crippen LogP contribution in [0.2, 0.25) is 0 Å². The lowest BCUT2D eigenvalue weighted by atomic mass is 9.63. The Morgan fingerprint density at radius 1 is 0.682 bits per heavy atom. The Balaban J connectivity index is 1.19. The SMILES string of the molecule is O=C1OC(=O)C2C(CCCCC3CC4C(=O)OC(=O)C34)CC12. The smallest absolute Gasteiger partial charge is 0.317 e. The number of rotatable bonds is 5. The van der Waals surface area contributed by atoms with Crippen LogP contribution in [0.3, 0.4) is 0 Å². The Bertz CT molecular complexity index is 517. The zero-order chi connectivity index (χ0) is 15.4. The summed E-state index contributed by atoms with van der Waals surface area (Å²) < 4.78 is 9.32. The molecule has 2 saturated carbocycles. The predicted molar refractivity (Wildman–Crippen MR) is 70.8 cm³/mol. The normalized spacial score (nSPS) is 42.2. The van der Waals surface area contributed by atoms with Crippen molar-refractivity contribution < 1.29 is 28.7 Å². The molecule has 0 amide bonds. The van der Waals surface area contributed by atoms with E-state index in [0.717, 1.165) is 38.5 Å². The average molecular weight is 306 g/mol. The molecule has 2 aliphatic heterocycles. The van der Waals surface area contributed by atoms with E-state index in [1.54, 1.807) is 0 Å². The molecule has 2 heterocycles. The Labute approximate surface area is 127 Å². The maximum absolute atomic E-state index is 11.5. The lowest BCUT2D eigenvalue weighted by Crippen LogP contribution is -2.39. The summed E-state index contributed by atoms with van der Waals surface area (Å²) in [7, 11) is 0. The van der Waals surface area contributed by atoms with E-state index in [0.29, 0.717) is 0 Å². The number of carbonyl (C=O) groups is 4. The van der Waals surface area contributed by atoms with E-state index in [4.69, 9.17) is 0 Å². The molecule has 0 aromatic rings. The van der Waals surface area contributed by atoms with E-state index < -0.39 is 0 Å². The van der Waals surface area contributed by atoms with Crippen LogP contribution in [0, 0.1) is 35.5 Å². The van der Waals surface area contributed by atoms with Gasteiger partial charge in [0.1, 0.15) is 0 Å². The molecule has 6 atom stereocenters. The molecule has 4 rings (SSSR count). The summed E-state index contributed by atoms with van der Waals surface area (Å²) in [6.07, 6.45) is 5.34. The molecule has 0 spiro atoms. The van der Waals surface area contributed by atoms with Crippen LogP contribution >= 0.6 is 0 Å². The van der Waals surface area contributed by atoms with E-state index in [-0.39, 0.29) is 59.4 Å². The first-order valence-corrected chi connectivity index (χ1v) is 8.07. The zero-order valence-corrected chi connectivity index (χ0v) is 12.2. The average Bonchev–Trinajstić information content (AvgIpc) is 2.72. The van der Waals surface area contributed by atoms with Crippen molar-refractivity contribution in [2.75, 3.05) is 0 Å². The lowest BCUT2D eigenvalue weighted by molar-refractivity contribution is -0.155. The first-order valence-electron chi connectivity index (χ1n) is 8.07. The number of hydrogen-bond acceptors (Lipinski definition) is 6. The number of fused-ring (bicyclic) bond motifs is 2. The van der Waals surface area contributed by atoms with Crippen molar-refractivity contribution in [3.63, 3.8) is 0 Å². The van der Waals surface area contributed by atoms with E-state index in [2.05, 4.69) is 9.47 Å². The highest BCUT2D eigenvalue weighted by Gasteiger charge is 2.57. The third-order valence-electron chi connectivity index (χ3n) is 5.95. The van der Waals surface area contributed by atoms with Gasteiger partial charge in [-0.05, 0) is 37.5 Å². The molecule has 4 aliphatic rings. The van der Waals surface area contributed by atoms with Gasteiger partial charge in [0.25, 0.3) is 0 Å². The van der Waals surface area contributed by atoms with Crippen molar-refractivity contribution in [2.45, 2.75) is 38.5 Å². The molecule has 0 N–H and O–H groups in total. The minimum Gasteiger partial charge on any atom is -0.393 e. The molecular weight excluding hydrogens is 288 g/mol. The number of ether oxygens (including phenoxy) is 2. The fraction of sp³-hybridized carbons (Fsp3) is 0.750. The minimum absolute atomic E-state index is 0.191. The van der Waals surface area contributed by atoms with Gasteiger partial charge in [0.2, 0.25) is 0 Å². The number of hydrogen-bond donors (Lipinski definition) is 0. The second-order valence-electron chi connectivity index (χ2n) is 7.02. The summed E-state index contributed by atoms with van der Waals surface area (Å²) >= 11 is 0. The fourth-order valence-electron chi connectivity index (χ4n) is 4.60. The molecule has 118 valence electrons. The summed E-state index contributed by atoms with van der Waals surface area (Å²) in [5.74, 6) is -1.64. The predicted octanol–water partition coefficient (Wildman–Crippen LogP) is 1.22. The van der Waals surface area contributed by atoms with Gasteiger partial charge in [0.15, 0.2) is 0 Å². The van der Waals surface area contributed by atoms with Crippen molar-refractivity contribution >= 4 is 23.9 Å². The summed E-state index contributed by atoms with van der Waals surface area (Å²) in [5.41, 5.74) is 0. The number of unbranched alkanes of at least 4 members (excludes halogenated alkanes) is 1. The van der Waals surface area contributed by atoms with Crippen LogP contribution < -0.4 is 0 Å². The van der Waals surface area contributed by atoms with Gasteiger partial charge in [0.05, 0.1) is 23.7 Å². The van der Waals surface area contributed by atoms with E-state index in [1.807, 2.05) is 0 Å². The van der Waals surface area contributed by atoms with Gasteiger partial charge in [0, 0.05) is 0 Å². The van der Waals surface area contributed by atoms with Crippen LogP contribution in [0.15, 0.2) is 0 Å². The number of esters is 4. The first-order chi connectivity index (χ1) is 10.6. The van der Waals surface area contributed by atoms with Crippen LogP contribution in [0.5, 0.6) is 0 Å². The lowest BCUT2D eigenvalue weighted by Gasteiger charge is -2.36. The van der Waals surface area contributed by atoms with Crippen LogP contribution in [0.25, 0.3) is 0 Å². The quantitative estimate of drug-likeness (QED) is 0.431. The van der Waals surface area contributed by atoms with Crippen LogP contribution in [-0.2, 0) is 28.7 Å². The molecule has 0 bridgehead atoms. The van der Waals surface area contributed by atoms with Crippen molar-refractivity contribution in [1.82, 2.24) is 0 Å². The summed E-state index contributed by atoms with van der Waals surface area (Å²) in [5, 5.41) is 0. The molecule has 2 aliphatic carbocycles. The number of cyclic esters (lactones) is 4. The third-order valence-corrected chi connectivity index (χ3v) is 5.95. The van der Waals surface area contributed by atoms with Crippen molar-refractivity contribution in [2.24, 2.45) is 35.5 Å². The van der Waals surface area contributed by atoms with Crippen molar-refractivity contribution in [3.05, 3.63) is 0 Å². The molecular formula is C16H18O6. The minimum atomic E-state index is -0.351. The van der Waals surface area contributed by atoms with Crippen molar-refractivity contribution in [1.29, 1.82) is 0 Å². The molecule has 4 fully saturated rings. The van der Waals surface area contributed by atoms with Crippen molar-refractivity contribution in [3.8, 4) is 0 Å². The molecule has 0 aromatic carbocycles. The highest BCUT2D eigenvalue weighted by atomic mass is 16.6. The summed E-state index contributed by atoms with van der Waals surface area (Å²) in [4.78, 5) is 45.6. The Hall–Kier alpha value is -1.72. The Morgan fingerprint density at radius 3 is 1.45 bits per heavy atom. The highest BCUT2D eigenvalue weighted by molar-refractivity contribution is 5.98. The molecule has 0 aromatic heterocycles. The van der Waals surface area contributed by atoms with E-state index >= 15 is 0 Å².